The molecule has 0 radical (unpaired) electrons. The number of aromatic amines is 1. The number of nitro groups is 1. The topological polar surface area (TPSA) is 160 Å². The Morgan fingerprint density at radius 1 is 1.15 bits per heavy atom. The Hall–Kier alpha value is -4.03. The standard InChI is InChI=1S/C22H21N7O4S/c23-34(32,33)15-7-5-14(6-8-15)11-24-21-20(29(30)31)22(26-13-25-21)28-10-9-17-16-3-1-2-4-18(16)27-19(17)12-28/h1-8,13,27H,9-12H2,(H2,23,32,33)(H,24,25,26). The van der Waals surface area contributed by atoms with Crippen LogP contribution in [0.1, 0.15) is 16.8 Å². The first-order valence-corrected chi connectivity index (χ1v) is 12.0. The Morgan fingerprint density at radius 2 is 1.91 bits per heavy atom. The third-order valence-electron chi connectivity index (χ3n) is 5.88. The van der Waals surface area contributed by atoms with Crippen LogP contribution in [0.5, 0.6) is 0 Å². The SMILES string of the molecule is NS(=O)(=O)c1ccc(CNc2ncnc(N3CCc4c([nH]c5ccccc45)C3)c2[N+](=O)[O-])cc1. The highest BCUT2D eigenvalue weighted by Crippen LogP contribution is 2.36. The number of hydrogen-bond donors (Lipinski definition) is 3. The zero-order chi connectivity index (χ0) is 23.9. The minimum atomic E-state index is -3.79. The molecule has 1 aliphatic rings. The molecule has 34 heavy (non-hydrogen) atoms. The summed E-state index contributed by atoms with van der Waals surface area (Å²) in [6.45, 7) is 1.26. The molecule has 0 amide bonds. The van der Waals surface area contributed by atoms with Crippen molar-refractivity contribution < 1.29 is 13.3 Å². The van der Waals surface area contributed by atoms with Crippen LogP contribution < -0.4 is 15.4 Å². The first-order chi connectivity index (χ1) is 16.3. The maximum atomic E-state index is 12.0. The highest BCUT2D eigenvalue weighted by molar-refractivity contribution is 7.89. The van der Waals surface area contributed by atoms with Crippen molar-refractivity contribution in [2.24, 2.45) is 5.14 Å². The molecule has 2 aromatic carbocycles. The molecule has 0 saturated heterocycles. The number of para-hydroxylation sites is 1. The molecule has 0 unspecified atom stereocenters. The smallest absolute Gasteiger partial charge is 0.353 e. The van der Waals surface area contributed by atoms with Gasteiger partial charge < -0.3 is 15.2 Å². The van der Waals surface area contributed by atoms with Gasteiger partial charge in [0, 0.05) is 29.7 Å². The van der Waals surface area contributed by atoms with Crippen molar-refractivity contribution in [1.29, 1.82) is 0 Å². The normalized spacial score (nSPS) is 13.6. The lowest BCUT2D eigenvalue weighted by atomic mass is 10.0. The molecule has 0 bridgehead atoms. The molecular weight excluding hydrogens is 458 g/mol. The van der Waals surface area contributed by atoms with Gasteiger partial charge in [-0.1, -0.05) is 30.3 Å². The summed E-state index contributed by atoms with van der Waals surface area (Å²) in [6.07, 6.45) is 2.04. The number of primary sulfonamides is 1. The molecule has 4 N–H and O–H groups in total. The van der Waals surface area contributed by atoms with E-state index >= 15 is 0 Å². The van der Waals surface area contributed by atoms with Gasteiger partial charge in [0.25, 0.3) is 0 Å². The second-order valence-corrected chi connectivity index (χ2v) is 9.55. The molecule has 5 rings (SSSR count). The van der Waals surface area contributed by atoms with Gasteiger partial charge in [-0.05, 0) is 35.7 Å². The van der Waals surface area contributed by atoms with Crippen LogP contribution in [0.4, 0.5) is 17.3 Å². The number of benzene rings is 2. The fourth-order valence-electron chi connectivity index (χ4n) is 4.25. The van der Waals surface area contributed by atoms with E-state index in [1.165, 1.54) is 29.4 Å². The van der Waals surface area contributed by atoms with Crippen LogP contribution in [0.25, 0.3) is 10.9 Å². The van der Waals surface area contributed by atoms with Crippen molar-refractivity contribution >= 4 is 38.2 Å². The molecule has 0 aliphatic carbocycles. The van der Waals surface area contributed by atoms with E-state index < -0.39 is 14.9 Å². The van der Waals surface area contributed by atoms with Crippen LogP contribution in [-0.4, -0.2) is 34.8 Å². The van der Waals surface area contributed by atoms with Gasteiger partial charge in [-0.3, -0.25) is 10.1 Å². The summed E-state index contributed by atoms with van der Waals surface area (Å²) in [5.41, 5.74) is 3.79. The van der Waals surface area contributed by atoms with Crippen molar-refractivity contribution in [3.8, 4) is 0 Å². The second kappa shape index (κ2) is 8.39. The number of aromatic nitrogens is 3. The number of nitrogens with two attached hydrogens (primary N) is 1. The molecule has 174 valence electrons. The number of sulfonamides is 1. The number of fused-ring (bicyclic) bond motifs is 3. The van der Waals surface area contributed by atoms with E-state index in [0.29, 0.717) is 18.7 Å². The predicted octanol–water partition coefficient (Wildman–Crippen LogP) is 2.69. The molecule has 3 heterocycles. The van der Waals surface area contributed by atoms with Crippen molar-refractivity contribution in [2.45, 2.75) is 24.4 Å². The fourth-order valence-corrected chi connectivity index (χ4v) is 4.77. The molecule has 1 aliphatic heterocycles. The maximum absolute atomic E-state index is 12.0. The third kappa shape index (κ3) is 4.04. The van der Waals surface area contributed by atoms with Gasteiger partial charge in [0.1, 0.15) is 6.33 Å². The van der Waals surface area contributed by atoms with Gasteiger partial charge in [-0.2, -0.15) is 0 Å². The summed E-state index contributed by atoms with van der Waals surface area (Å²) in [4.78, 5) is 25.2. The Kier molecular flexibility index (Phi) is 5.38. The summed E-state index contributed by atoms with van der Waals surface area (Å²) in [7, 11) is -3.79. The zero-order valence-corrected chi connectivity index (χ0v) is 18.7. The minimum Gasteiger partial charge on any atom is -0.360 e. The van der Waals surface area contributed by atoms with Gasteiger partial charge in [0.15, 0.2) is 0 Å². The molecule has 0 saturated carbocycles. The molecule has 12 heteroatoms. The molecule has 0 fully saturated rings. The lowest BCUT2D eigenvalue weighted by Crippen LogP contribution is -2.31. The van der Waals surface area contributed by atoms with Gasteiger partial charge in [0.2, 0.25) is 21.7 Å². The number of rotatable bonds is 6. The summed E-state index contributed by atoms with van der Waals surface area (Å²) in [5, 5.41) is 21.3. The highest BCUT2D eigenvalue weighted by atomic mass is 32.2. The molecule has 0 spiro atoms. The van der Waals surface area contributed by atoms with E-state index in [1.54, 1.807) is 12.1 Å². The number of anilines is 2. The van der Waals surface area contributed by atoms with Crippen molar-refractivity contribution in [3.05, 3.63) is 81.8 Å². The van der Waals surface area contributed by atoms with Gasteiger partial charge in [-0.25, -0.2) is 23.5 Å². The molecule has 2 aromatic heterocycles. The fraction of sp³-hybridized carbons (Fsp3) is 0.182. The summed E-state index contributed by atoms with van der Waals surface area (Å²) >= 11 is 0. The van der Waals surface area contributed by atoms with Gasteiger partial charge in [-0.15, -0.1) is 0 Å². The van der Waals surface area contributed by atoms with Crippen LogP contribution in [0, 0.1) is 10.1 Å². The maximum Gasteiger partial charge on any atom is 0.353 e. The molecule has 0 atom stereocenters. The average molecular weight is 480 g/mol. The van der Waals surface area contributed by atoms with E-state index in [1.807, 2.05) is 23.1 Å². The number of nitrogens with one attached hydrogen (secondary N) is 2. The Balaban J connectivity index is 1.40. The van der Waals surface area contributed by atoms with E-state index in [2.05, 4.69) is 26.3 Å². The average Bonchev–Trinajstić information content (AvgIpc) is 3.20. The second-order valence-electron chi connectivity index (χ2n) is 7.99. The lowest BCUT2D eigenvalue weighted by Gasteiger charge is -2.27. The Bertz CT molecular complexity index is 1500. The quantitative estimate of drug-likeness (QED) is 0.281. The van der Waals surface area contributed by atoms with Crippen LogP contribution in [0.15, 0.2) is 59.8 Å². The van der Waals surface area contributed by atoms with Crippen LogP contribution in [0.2, 0.25) is 0 Å². The number of hydrogen-bond acceptors (Lipinski definition) is 8. The van der Waals surface area contributed by atoms with Crippen molar-refractivity contribution in [2.75, 3.05) is 16.8 Å². The van der Waals surface area contributed by atoms with E-state index in [0.717, 1.165) is 17.6 Å². The number of H-pyrrole nitrogens is 1. The van der Waals surface area contributed by atoms with E-state index in [-0.39, 0.29) is 28.8 Å². The van der Waals surface area contributed by atoms with Crippen LogP contribution in [0.3, 0.4) is 0 Å². The molecule has 11 nitrogen and oxygen atoms in total. The predicted molar refractivity (Wildman–Crippen MR) is 127 cm³/mol. The van der Waals surface area contributed by atoms with Crippen LogP contribution >= 0.6 is 0 Å². The first-order valence-electron chi connectivity index (χ1n) is 10.5. The third-order valence-corrected chi connectivity index (χ3v) is 6.81. The van der Waals surface area contributed by atoms with Gasteiger partial charge >= 0.3 is 5.69 Å². The Labute approximate surface area is 194 Å². The van der Waals surface area contributed by atoms with E-state index in [9.17, 15) is 18.5 Å². The summed E-state index contributed by atoms with van der Waals surface area (Å²) in [5.74, 6) is 0.337. The minimum absolute atomic E-state index is 0.00648. The summed E-state index contributed by atoms with van der Waals surface area (Å²) in [6, 6.07) is 14.0. The highest BCUT2D eigenvalue weighted by Gasteiger charge is 2.30. The summed E-state index contributed by atoms with van der Waals surface area (Å²) < 4.78 is 22.8. The molecular formula is C22H21N7O4S. The van der Waals surface area contributed by atoms with E-state index in [4.69, 9.17) is 5.14 Å². The largest absolute Gasteiger partial charge is 0.360 e. The van der Waals surface area contributed by atoms with Crippen molar-refractivity contribution in [1.82, 2.24) is 15.0 Å². The Morgan fingerprint density at radius 3 is 2.65 bits per heavy atom. The van der Waals surface area contributed by atoms with Crippen LogP contribution in [-0.2, 0) is 29.5 Å². The monoisotopic (exact) mass is 479 g/mol. The van der Waals surface area contributed by atoms with Gasteiger partial charge in [0.05, 0.1) is 16.4 Å². The first kappa shape index (κ1) is 21.8. The number of nitrogens with zero attached hydrogens (tertiary/aromatic N) is 4. The zero-order valence-electron chi connectivity index (χ0n) is 17.9. The lowest BCUT2D eigenvalue weighted by molar-refractivity contribution is -0.383. The molecule has 4 aromatic rings. The van der Waals surface area contributed by atoms with Crippen molar-refractivity contribution in [3.63, 3.8) is 0 Å².